The molecule has 3 heteroatoms. The van der Waals surface area contributed by atoms with Gasteiger partial charge in [-0.1, -0.05) is 6.92 Å². The minimum atomic E-state index is -0.125. The zero-order valence-electron chi connectivity index (χ0n) is 11.5. The van der Waals surface area contributed by atoms with E-state index in [0.717, 1.165) is 51.7 Å². The van der Waals surface area contributed by atoms with E-state index in [4.69, 9.17) is 0 Å². The summed E-state index contributed by atoms with van der Waals surface area (Å²) in [6.07, 6.45) is 5.46. The molecule has 0 aliphatic carbocycles. The van der Waals surface area contributed by atoms with Crippen molar-refractivity contribution in [1.82, 2.24) is 10.2 Å². The van der Waals surface area contributed by atoms with Crippen LogP contribution in [0.15, 0.2) is 0 Å². The molecule has 2 heterocycles. The summed E-state index contributed by atoms with van der Waals surface area (Å²) < 4.78 is 0. The molecule has 0 radical (unpaired) electrons. The lowest BCUT2D eigenvalue weighted by Crippen LogP contribution is -2.55. The van der Waals surface area contributed by atoms with E-state index in [-0.39, 0.29) is 11.0 Å². The second-order valence-corrected chi connectivity index (χ2v) is 6.29. The van der Waals surface area contributed by atoms with Crippen LogP contribution in [0.3, 0.4) is 0 Å². The van der Waals surface area contributed by atoms with Crippen LogP contribution in [-0.4, -0.2) is 36.0 Å². The summed E-state index contributed by atoms with van der Waals surface area (Å²) in [6, 6.07) is 0. The normalized spacial score (nSPS) is 32.8. The van der Waals surface area contributed by atoms with Gasteiger partial charge in [0.1, 0.15) is 0 Å². The molecule has 0 aromatic heterocycles. The van der Waals surface area contributed by atoms with Gasteiger partial charge in [0.25, 0.3) is 0 Å². The van der Waals surface area contributed by atoms with Gasteiger partial charge in [0.2, 0.25) is 5.91 Å². The summed E-state index contributed by atoms with van der Waals surface area (Å²) in [6.45, 7) is 9.46. The average Bonchev–Trinajstić information content (AvgIpc) is 2.69. The molecule has 0 bridgehead atoms. The van der Waals surface area contributed by atoms with E-state index in [0.29, 0.717) is 5.91 Å². The maximum absolute atomic E-state index is 12.9. The third-order valence-electron chi connectivity index (χ3n) is 4.75. The monoisotopic (exact) mass is 238 g/mol. The molecule has 0 spiro atoms. The quantitative estimate of drug-likeness (QED) is 0.799. The summed E-state index contributed by atoms with van der Waals surface area (Å²) >= 11 is 0. The minimum absolute atomic E-state index is 0.0662. The number of hydrogen-bond donors (Lipinski definition) is 1. The molecule has 2 saturated heterocycles. The lowest BCUT2D eigenvalue weighted by Gasteiger charge is -2.42. The minimum Gasteiger partial charge on any atom is -0.337 e. The van der Waals surface area contributed by atoms with Crippen molar-refractivity contribution in [3.8, 4) is 0 Å². The van der Waals surface area contributed by atoms with E-state index in [1.165, 1.54) is 0 Å². The lowest BCUT2D eigenvalue weighted by molar-refractivity contribution is -0.147. The molecule has 1 unspecified atom stereocenters. The number of likely N-dealkylation sites (tertiary alicyclic amines) is 1. The number of rotatable bonds is 2. The van der Waals surface area contributed by atoms with Crippen LogP contribution in [0.4, 0.5) is 0 Å². The van der Waals surface area contributed by atoms with Gasteiger partial charge in [-0.25, -0.2) is 0 Å². The molecule has 1 amide bonds. The SMILES string of the molecule is CCC1(C(=O)N2CCCC2(C)C)CCCNC1. The Hall–Kier alpha value is -0.570. The highest BCUT2D eigenvalue weighted by molar-refractivity contribution is 5.84. The predicted octanol–water partition coefficient (Wildman–Crippen LogP) is 2.17. The molecule has 2 rings (SSSR count). The Morgan fingerprint density at radius 2 is 2.06 bits per heavy atom. The summed E-state index contributed by atoms with van der Waals surface area (Å²) in [5.74, 6) is 0.398. The third kappa shape index (κ3) is 2.22. The first-order chi connectivity index (χ1) is 8.02. The van der Waals surface area contributed by atoms with Crippen molar-refractivity contribution in [3.05, 3.63) is 0 Å². The van der Waals surface area contributed by atoms with Crippen molar-refractivity contribution >= 4 is 5.91 Å². The highest BCUT2D eigenvalue weighted by Crippen LogP contribution is 2.38. The number of nitrogens with zero attached hydrogens (tertiary/aromatic N) is 1. The number of carbonyl (C=O) groups excluding carboxylic acids is 1. The molecule has 0 aromatic carbocycles. The zero-order valence-corrected chi connectivity index (χ0v) is 11.5. The molecule has 1 atom stereocenters. The number of amides is 1. The molecule has 3 nitrogen and oxygen atoms in total. The Bertz CT molecular complexity index is 293. The average molecular weight is 238 g/mol. The van der Waals surface area contributed by atoms with Gasteiger partial charge >= 0.3 is 0 Å². The molecule has 17 heavy (non-hydrogen) atoms. The first-order valence-electron chi connectivity index (χ1n) is 7.05. The van der Waals surface area contributed by atoms with Crippen LogP contribution in [0.5, 0.6) is 0 Å². The molecule has 2 aliphatic rings. The van der Waals surface area contributed by atoms with Crippen molar-refractivity contribution in [1.29, 1.82) is 0 Å². The molecule has 1 N–H and O–H groups in total. The van der Waals surface area contributed by atoms with Gasteiger partial charge in [0, 0.05) is 18.6 Å². The number of carbonyl (C=O) groups is 1. The van der Waals surface area contributed by atoms with Crippen molar-refractivity contribution in [3.63, 3.8) is 0 Å². The van der Waals surface area contributed by atoms with Crippen molar-refractivity contribution in [2.45, 2.75) is 58.4 Å². The van der Waals surface area contributed by atoms with Gasteiger partial charge < -0.3 is 10.2 Å². The van der Waals surface area contributed by atoms with Crippen LogP contribution in [0.1, 0.15) is 52.9 Å². The fraction of sp³-hybridized carbons (Fsp3) is 0.929. The predicted molar refractivity (Wildman–Crippen MR) is 69.9 cm³/mol. The molecule has 0 aromatic rings. The number of hydrogen-bond acceptors (Lipinski definition) is 2. The number of nitrogens with one attached hydrogen (secondary N) is 1. The van der Waals surface area contributed by atoms with Gasteiger partial charge in [-0.15, -0.1) is 0 Å². The maximum atomic E-state index is 12.9. The second-order valence-electron chi connectivity index (χ2n) is 6.29. The molecule has 0 saturated carbocycles. The van der Waals surface area contributed by atoms with E-state index in [1.807, 2.05) is 0 Å². The van der Waals surface area contributed by atoms with Gasteiger partial charge in [-0.3, -0.25) is 4.79 Å². The fourth-order valence-corrected chi connectivity index (χ4v) is 3.37. The largest absolute Gasteiger partial charge is 0.337 e. The van der Waals surface area contributed by atoms with Crippen LogP contribution in [-0.2, 0) is 4.79 Å². The van der Waals surface area contributed by atoms with Crippen LogP contribution in [0.25, 0.3) is 0 Å². The van der Waals surface area contributed by atoms with Crippen molar-refractivity contribution in [2.75, 3.05) is 19.6 Å². The van der Waals surface area contributed by atoms with Crippen LogP contribution in [0, 0.1) is 5.41 Å². The first-order valence-corrected chi connectivity index (χ1v) is 7.05. The highest BCUT2D eigenvalue weighted by Gasteiger charge is 2.45. The van der Waals surface area contributed by atoms with Crippen LogP contribution < -0.4 is 5.32 Å². The second kappa shape index (κ2) is 4.60. The lowest BCUT2D eigenvalue weighted by atomic mass is 9.76. The summed E-state index contributed by atoms with van der Waals surface area (Å²) in [4.78, 5) is 15.0. The van der Waals surface area contributed by atoms with Crippen molar-refractivity contribution < 1.29 is 4.79 Å². The van der Waals surface area contributed by atoms with E-state index >= 15 is 0 Å². The Labute approximate surface area is 105 Å². The molecule has 2 fully saturated rings. The Morgan fingerprint density at radius 1 is 1.29 bits per heavy atom. The third-order valence-corrected chi connectivity index (χ3v) is 4.75. The van der Waals surface area contributed by atoms with E-state index in [9.17, 15) is 4.79 Å². The van der Waals surface area contributed by atoms with E-state index in [2.05, 4.69) is 31.0 Å². The standard InChI is InChI=1S/C14H26N2O/c1-4-14(8-5-9-15-11-14)12(17)16-10-6-7-13(16,2)3/h15H,4-11H2,1-3H3. The van der Waals surface area contributed by atoms with Crippen LogP contribution >= 0.6 is 0 Å². The molecule has 2 aliphatic heterocycles. The summed E-state index contributed by atoms with van der Waals surface area (Å²) in [5.41, 5.74) is -0.0590. The van der Waals surface area contributed by atoms with Gasteiger partial charge in [-0.05, 0) is 52.5 Å². The first kappa shape index (κ1) is 12.9. The molecular weight excluding hydrogens is 212 g/mol. The van der Waals surface area contributed by atoms with Gasteiger partial charge in [0.05, 0.1) is 5.41 Å². The Kier molecular flexibility index (Phi) is 3.48. The van der Waals surface area contributed by atoms with Crippen LogP contribution in [0.2, 0.25) is 0 Å². The maximum Gasteiger partial charge on any atom is 0.230 e. The van der Waals surface area contributed by atoms with E-state index < -0.39 is 0 Å². The number of piperidine rings is 1. The highest BCUT2D eigenvalue weighted by atomic mass is 16.2. The Balaban J connectivity index is 2.17. The van der Waals surface area contributed by atoms with Gasteiger partial charge in [-0.2, -0.15) is 0 Å². The Morgan fingerprint density at radius 3 is 2.53 bits per heavy atom. The summed E-state index contributed by atoms with van der Waals surface area (Å²) in [7, 11) is 0. The molecule has 98 valence electrons. The fourth-order valence-electron chi connectivity index (χ4n) is 3.37. The summed E-state index contributed by atoms with van der Waals surface area (Å²) in [5, 5.41) is 3.41. The smallest absolute Gasteiger partial charge is 0.230 e. The molecular formula is C14H26N2O. The zero-order chi connectivity index (χ0) is 12.5. The topological polar surface area (TPSA) is 32.3 Å². The van der Waals surface area contributed by atoms with Gasteiger partial charge in [0.15, 0.2) is 0 Å². The van der Waals surface area contributed by atoms with Crippen molar-refractivity contribution in [2.24, 2.45) is 5.41 Å². The van der Waals surface area contributed by atoms with E-state index in [1.54, 1.807) is 0 Å².